The second-order valence-electron chi connectivity index (χ2n) is 5.75. The molecule has 0 fully saturated rings. The van der Waals surface area contributed by atoms with Crippen LogP contribution in [0, 0.1) is 13.8 Å². The first-order chi connectivity index (χ1) is 10.2. The van der Waals surface area contributed by atoms with Crippen LogP contribution in [0.2, 0.25) is 0 Å². The Morgan fingerprint density at radius 1 is 1.29 bits per heavy atom. The van der Waals surface area contributed by atoms with Crippen LogP contribution in [-0.2, 0) is 18.6 Å². The van der Waals surface area contributed by atoms with Crippen LogP contribution >= 0.6 is 23.1 Å². The van der Waals surface area contributed by atoms with E-state index in [1.54, 1.807) is 4.88 Å². The van der Waals surface area contributed by atoms with E-state index in [0.29, 0.717) is 0 Å². The molecule has 0 aliphatic carbocycles. The number of nitrogens with two attached hydrogens (primary N) is 1. The summed E-state index contributed by atoms with van der Waals surface area (Å²) in [6, 6.07) is 9.23. The summed E-state index contributed by atoms with van der Waals surface area (Å²) in [6.45, 7) is 4.33. The monoisotopic (exact) mass is 318 g/mol. The highest BCUT2D eigenvalue weighted by Crippen LogP contribution is 2.35. The smallest absolute Gasteiger partial charge is 0.0593 e. The van der Waals surface area contributed by atoms with Gasteiger partial charge >= 0.3 is 0 Å². The van der Waals surface area contributed by atoms with Crippen LogP contribution < -0.4 is 11.3 Å². The Kier molecular flexibility index (Phi) is 4.69. The number of aryl methyl sites for hydroxylation is 3. The first-order valence-electron chi connectivity index (χ1n) is 7.39. The first-order valence-corrected chi connectivity index (χ1v) is 9.36. The molecule has 1 aliphatic rings. The number of hydrazine groups is 1. The van der Waals surface area contributed by atoms with E-state index in [1.165, 1.54) is 39.3 Å². The zero-order valence-corrected chi connectivity index (χ0v) is 14.2. The maximum atomic E-state index is 5.85. The number of fused-ring (bicyclic) bond motifs is 1. The Balaban J connectivity index is 1.84. The van der Waals surface area contributed by atoms with Crippen molar-refractivity contribution in [1.82, 2.24) is 5.43 Å². The molecule has 4 heteroatoms. The summed E-state index contributed by atoms with van der Waals surface area (Å²) in [6.07, 6.45) is 2.17. The van der Waals surface area contributed by atoms with Crippen LogP contribution in [0.1, 0.15) is 38.0 Å². The van der Waals surface area contributed by atoms with Gasteiger partial charge in [0.1, 0.15) is 0 Å². The van der Waals surface area contributed by atoms with Gasteiger partial charge in [0.15, 0.2) is 0 Å². The number of thioether (sulfide) groups is 1. The highest BCUT2D eigenvalue weighted by molar-refractivity contribution is 7.98. The molecule has 1 unspecified atom stereocenters. The fourth-order valence-electron chi connectivity index (χ4n) is 2.82. The van der Waals surface area contributed by atoms with Crippen molar-refractivity contribution in [2.24, 2.45) is 5.84 Å². The van der Waals surface area contributed by atoms with Crippen molar-refractivity contribution >= 4 is 23.1 Å². The summed E-state index contributed by atoms with van der Waals surface area (Å²) in [4.78, 5) is 2.94. The number of nitrogens with one attached hydrogen (secondary N) is 1. The molecule has 1 aliphatic heterocycles. The molecule has 0 bridgehead atoms. The quantitative estimate of drug-likeness (QED) is 0.663. The molecule has 1 aromatic carbocycles. The Morgan fingerprint density at radius 3 is 2.90 bits per heavy atom. The Bertz CT molecular complexity index is 610. The molecular formula is C17H22N2S2. The van der Waals surface area contributed by atoms with Gasteiger partial charge in [0.05, 0.1) is 6.04 Å². The van der Waals surface area contributed by atoms with Crippen molar-refractivity contribution in [1.29, 1.82) is 0 Å². The Labute approximate surface area is 135 Å². The summed E-state index contributed by atoms with van der Waals surface area (Å²) >= 11 is 3.98. The summed E-state index contributed by atoms with van der Waals surface area (Å²) in [5.74, 6) is 8.26. The lowest BCUT2D eigenvalue weighted by atomic mass is 9.98. The molecule has 3 rings (SSSR count). The van der Waals surface area contributed by atoms with Crippen LogP contribution in [0.15, 0.2) is 24.3 Å². The SMILES string of the molecule is Cc1ccc(C)c(CC(NN)c2cc3c(s2)CCSC3)c1. The molecule has 3 N–H and O–H groups in total. The van der Waals surface area contributed by atoms with Crippen molar-refractivity contribution in [2.75, 3.05) is 5.75 Å². The van der Waals surface area contributed by atoms with E-state index in [-0.39, 0.29) is 6.04 Å². The minimum Gasteiger partial charge on any atom is -0.271 e. The van der Waals surface area contributed by atoms with Crippen molar-refractivity contribution in [2.45, 2.75) is 38.5 Å². The van der Waals surface area contributed by atoms with Gasteiger partial charge in [-0.15, -0.1) is 11.3 Å². The molecule has 112 valence electrons. The molecule has 1 aromatic heterocycles. The fourth-order valence-corrected chi connectivity index (χ4v) is 5.26. The molecular weight excluding hydrogens is 296 g/mol. The van der Waals surface area contributed by atoms with Gasteiger partial charge in [0.2, 0.25) is 0 Å². The molecule has 0 saturated carbocycles. The molecule has 0 spiro atoms. The number of benzene rings is 1. The lowest BCUT2D eigenvalue weighted by Crippen LogP contribution is -2.29. The Hall–Kier alpha value is -0.810. The van der Waals surface area contributed by atoms with Crippen LogP contribution in [-0.4, -0.2) is 5.75 Å². The number of rotatable bonds is 4. The second-order valence-corrected chi connectivity index (χ2v) is 8.03. The number of hydrogen-bond acceptors (Lipinski definition) is 4. The maximum absolute atomic E-state index is 5.85. The molecule has 2 nitrogen and oxygen atoms in total. The normalized spacial score (nSPS) is 15.8. The molecule has 0 amide bonds. The van der Waals surface area contributed by atoms with E-state index in [2.05, 4.69) is 43.5 Å². The summed E-state index contributed by atoms with van der Waals surface area (Å²) in [5.41, 5.74) is 8.59. The van der Waals surface area contributed by atoms with E-state index in [4.69, 9.17) is 5.84 Å². The third-order valence-corrected chi connectivity index (χ3v) is 6.48. The van der Waals surface area contributed by atoms with Gasteiger partial charge in [-0.25, -0.2) is 0 Å². The van der Waals surface area contributed by atoms with Gasteiger partial charge in [-0.05, 0) is 55.2 Å². The Morgan fingerprint density at radius 2 is 2.14 bits per heavy atom. The highest BCUT2D eigenvalue weighted by atomic mass is 32.2. The summed E-state index contributed by atoms with van der Waals surface area (Å²) < 4.78 is 0. The predicted octanol–water partition coefficient (Wildman–Crippen LogP) is 3.90. The van der Waals surface area contributed by atoms with Gasteiger partial charge in [-0.3, -0.25) is 11.3 Å². The van der Waals surface area contributed by atoms with Crippen LogP contribution in [0.3, 0.4) is 0 Å². The van der Waals surface area contributed by atoms with E-state index in [0.717, 1.165) is 12.2 Å². The minimum absolute atomic E-state index is 0.214. The number of thiophene rings is 1. The van der Waals surface area contributed by atoms with Gasteiger partial charge in [0.25, 0.3) is 0 Å². The standard InChI is InChI=1S/C17H22N2S2/c1-11-3-4-12(2)13(7-11)8-15(19-18)17-9-14-10-20-6-5-16(14)21-17/h3-4,7,9,15,19H,5-6,8,10,18H2,1-2H3. The third-order valence-electron chi connectivity index (χ3n) is 4.12. The summed E-state index contributed by atoms with van der Waals surface area (Å²) in [7, 11) is 0. The third kappa shape index (κ3) is 3.34. The van der Waals surface area contributed by atoms with Gasteiger partial charge in [0, 0.05) is 15.5 Å². The van der Waals surface area contributed by atoms with Crippen LogP contribution in [0.5, 0.6) is 0 Å². The lowest BCUT2D eigenvalue weighted by molar-refractivity contribution is 0.559. The average Bonchev–Trinajstić information content (AvgIpc) is 2.91. The molecule has 21 heavy (non-hydrogen) atoms. The zero-order valence-electron chi connectivity index (χ0n) is 12.6. The molecule has 0 radical (unpaired) electrons. The van der Waals surface area contributed by atoms with Gasteiger partial charge < -0.3 is 0 Å². The van der Waals surface area contributed by atoms with Crippen LogP contribution in [0.25, 0.3) is 0 Å². The highest BCUT2D eigenvalue weighted by Gasteiger charge is 2.19. The van der Waals surface area contributed by atoms with Crippen molar-refractivity contribution in [3.05, 3.63) is 56.3 Å². The van der Waals surface area contributed by atoms with Crippen molar-refractivity contribution in [3.63, 3.8) is 0 Å². The van der Waals surface area contributed by atoms with Crippen LogP contribution in [0.4, 0.5) is 0 Å². The predicted molar refractivity (Wildman–Crippen MR) is 93.9 cm³/mol. The van der Waals surface area contributed by atoms with E-state index in [9.17, 15) is 0 Å². The first kappa shape index (κ1) is 15.1. The minimum atomic E-state index is 0.214. The van der Waals surface area contributed by atoms with E-state index >= 15 is 0 Å². The fraction of sp³-hybridized carbons (Fsp3) is 0.412. The van der Waals surface area contributed by atoms with Gasteiger partial charge in [-0.2, -0.15) is 11.8 Å². The molecule has 2 heterocycles. The molecule has 2 aromatic rings. The average molecular weight is 319 g/mol. The van der Waals surface area contributed by atoms with E-state index < -0.39 is 0 Å². The largest absolute Gasteiger partial charge is 0.271 e. The second kappa shape index (κ2) is 6.53. The topological polar surface area (TPSA) is 38.0 Å². The molecule has 1 atom stereocenters. The molecule has 0 saturated heterocycles. The maximum Gasteiger partial charge on any atom is 0.0593 e. The lowest BCUT2D eigenvalue weighted by Gasteiger charge is -2.16. The van der Waals surface area contributed by atoms with Crippen molar-refractivity contribution in [3.8, 4) is 0 Å². The van der Waals surface area contributed by atoms with E-state index in [1.807, 2.05) is 23.1 Å². The van der Waals surface area contributed by atoms with Gasteiger partial charge in [-0.1, -0.05) is 23.8 Å². The van der Waals surface area contributed by atoms with Crippen molar-refractivity contribution < 1.29 is 0 Å². The summed E-state index contributed by atoms with van der Waals surface area (Å²) in [5, 5.41) is 0. The number of hydrogen-bond donors (Lipinski definition) is 2. The zero-order chi connectivity index (χ0) is 14.8.